The largest absolute Gasteiger partial charge is 0.385 e. The Bertz CT molecular complexity index is 1240. The fourth-order valence-electron chi connectivity index (χ4n) is 5.35. The van der Waals surface area contributed by atoms with Crippen LogP contribution in [-0.4, -0.2) is 28.4 Å². The number of aromatic nitrogens is 1. The first kappa shape index (κ1) is 24.5. The molecule has 6 heteroatoms. The SMILES string of the molecule is C=C1C=CCC(NC2CC2)=C2C(=C1)C(=N)CC=C2C(=O)c1cnc(CC2CCC(F)(F)CC2)c(C)c1. The number of carbonyl (C=O) groups is 1. The molecule has 36 heavy (non-hydrogen) atoms. The van der Waals surface area contributed by atoms with E-state index in [4.69, 9.17) is 5.41 Å². The number of hydrogen-bond donors (Lipinski definition) is 2. The number of ketones is 1. The van der Waals surface area contributed by atoms with Crippen LogP contribution in [0.4, 0.5) is 8.78 Å². The molecule has 4 nitrogen and oxygen atoms in total. The van der Waals surface area contributed by atoms with Crippen LogP contribution >= 0.6 is 0 Å². The van der Waals surface area contributed by atoms with E-state index in [0.717, 1.165) is 46.5 Å². The summed E-state index contributed by atoms with van der Waals surface area (Å²) in [4.78, 5) is 18.4. The Morgan fingerprint density at radius 1 is 1.22 bits per heavy atom. The molecule has 0 atom stereocenters. The van der Waals surface area contributed by atoms with Crippen molar-refractivity contribution in [3.8, 4) is 0 Å². The number of pyridine rings is 1. The number of alkyl halides is 2. The summed E-state index contributed by atoms with van der Waals surface area (Å²) in [6.45, 7) is 6.03. The molecule has 0 amide bonds. The number of nitrogens with zero attached hydrogens (tertiary/aromatic N) is 1. The average Bonchev–Trinajstić information content (AvgIpc) is 3.65. The van der Waals surface area contributed by atoms with Crippen molar-refractivity contribution in [3.63, 3.8) is 0 Å². The zero-order valence-electron chi connectivity index (χ0n) is 20.8. The smallest absolute Gasteiger partial charge is 0.248 e. The normalized spacial score (nSPS) is 22.4. The molecule has 4 aliphatic rings. The lowest BCUT2D eigenvalue weighted by atomic mass is 9.80. The fraction of sp³-hybridized carbons (Fsp3) is 0.433. The van der Waals surface area contributed by atoms with Crippen molar-refractivity contribution in [2.45, 2.75) is 76.7 Å². The number of Topliss-reactive ketones (excluding diaryl/α,β-unsaturated/α-hetero) is 1. The maximum Gasteiger partial charge on any atom is 0.248 e. The molecule has 1 heterocycles. The van der Waals surface area contributed by atoms with E-state index in [1.165, 1.54) is 0 Å². The average molecular weight is 490 g/mol. The number of rotatable bonds is 6. The second kappa shape index (κ2) is 9.72. The zero-order chi connectivity index (χ0) is 25.4. The van der Waals surface area contributed by atoms with Crippen molar-refractivity contribution in [2.75, 3.05) is 0 Å². The van der Waals surface area contributed by atoms with Gasteiger partial charge in [-0.2, -0.15) is 0 Å². The summed E-state index contributed by atoms with van der Waals surface area (Å²) in [5.74, 6) is -2.43. The summed E-state index contributed by atoms with van der Waals surface area (Å²) in [5.41, 5.74) is 6.75. The van der Waals surface area contributed by atoms with Gasteiger partial charge in [0.15, 0.2) is 5.78 Å². The van der Waals surface area contributed by atoms with Crippen LogP contribution < -0.4 is 5.32 Å². The summed E-state index contributed by atoms with van der Waals surface area (Å²) >= 11 is 0. The van der Waals surface area contributed by atoms with Crippen molar-refractivity contribution >= 4 is 11.5 Å². The van der Waals surface area contributed by atoms with E-state index in [1.807, 2.05) is 31.2 Å². The van der Waals surface area contributed by atoms with Crippen molar-refractivity contribution in [3.05, 3.63) is 88.0 Å². The van der Waals surface area contributed by atoms with Crippen LogP contribution in [0, 0.1) is 18.3 Å². The molecule has 5 rings (SSSR count). The van der Waals surface area contributed by atoms with E-state index in [9.17, 15) is 13.6 Å². The monoisotopic (exact) mass is 489 g/mol. The van der Waals surface area contributed by atoms with Crippen molar-refractivity contribution < 1.29 is 13.6 Å². The summed E-state index contributed by atoms with van der Waals surface area (Å²) in [5, 5.41) is 12.2. The summed E-state index contributed by atoms with van der Waals surface area (Å²) in [6, 6.07) is 2.29. The first-order valence-corrected chi connectivity index (χ1v) is 12.9. The van der Waals surface area contributed by atoms with Gasteiger partial charge in [0.25, 0.3) is 0 Å². The van der Waals surface area contributed by atoms with E-state index >= 15 is 0 Å². The summed E-state index contributed by atoms with van der Waals surface area (Å²) in [7, 11) is 0. The van der Waals surface area contributed by atoms with E-state index in [-0.39, 0.29) is 24.5 Å². The Morgan fingerprint density at radius 2 is 1.97 bits per heavy atom. The second-order valence-electron chi connectivity index (χ2n) is 10.6. The number of allylic oxidation sites excluding steroid dienone is 8. The minimum absolute atomic E-state index is 0.0553. The molecular weight excluding hydrogens is 456 g/mol. The van der Waals surface area contributed by atoms with Gasteiger partial charge in [-0.1, -0.05) is 24.8 Å². The van der Waals surface area contributed by atoms with Crippen LogP contribution in [0.25, 0.3) is 0 Å². The van der Waals surface area contributed by atoms with E-state index in [2.05, 4.69) is 23.0 Å². The van der Waals surface area contributed by atoms with Gasteiger partial charge in [0.05, 0.1) is 0 Å². The lowest BCUT2D eigenvalue weighted by Gasteiger charge is -2.28. The van der Waals surface area contributed by atoms with E-state index in [0.29, 0.717) is 55.0 Å². The lowest BCUT2D eigenvalue weighted by Crippen LogP contribution is -2.26. The van der Waals surface area contributed by atoms with Gasteiger partial charge in [0.2, 0.25) is 5.92 Å². The van der Waals surface area contributed by atoms with Gasteiger partial charge in [0.1, 0.15) is 0 Å². The Labute approximate surface area is 211 Å². The molecule has 1 aromatic rings. The third kappa shape index (κ3) is 5.32. The zero-order valence-corrected chi connectivity index (χ0v) is 20.8. The van der Waals surface area contributed by atoms with Gasteiger partial charge < -0.3 is 10.7 Å². The predicted octanol–water partition coefficient (Wildman–Crippen LogP) is 6.74. The molecular formula is C30H33F2N3O. The maximum absolute atomic E-state index is 13.8. The molecule has 0 aromatic carbocycles. The molecule has 0 radical (unpaired) electrons. The molecule has 2 saturated carbocycles. The Morgan fingerprint density at radius 3 is 2.67 bits per heavy atom. The highest BCUT2D eigenvalue weighted by Crippen LogP contribution is 2.38. The summed E-state index contributed by atoms with van der Waals surface area (Å²) in [6.07, 6.45) is 14.2. The number of carbonyl (C=O) groups excluding carboxylic acids is 1. The first-order valence-electron chi connectivity index (χ1n) is 12.9. The Balaban J connectivity index is 1.43. The molecule has 1 aromatic heterocycles. The number of fused-ring (bicyclic) bond motifs is 1. The van der Waals surface area contributed by atoms with Crippen molar-refractivity contribution in [1.29, 1.82) is 5.41 Å². The van der Waals surface area contributed by atoms with Gasteiger partial charge in [-0.05, 0) is 68.2 Å². The molecule has 0 bridgehead atoms. The van der Waals surface area contributed by atoms with E-state index < -0.39 is 5.92 Å². The number of aryl methyl sites for hydroxylation is 1. The van der Waals surface area contributed by atoms with Gasteiger partial charge in [0, 0.05) is 77.3 Å². The molecule has 2 N–H and O–H groups in total. The summed E-state index contributed by atoms with van der Waals surface area (Å²) < 4.78 is 27.1. The minimum Gasteiger partial charge on any atom is -0.385 e. The van der Waals surface area contributed by atoms with Crippen molar-refractivity contribution in [2.24, 2.45) is 5.92 Å². The first-order chi connectivity index (χ1) is 17.2. The lowest BCUT2D eigenvalue weighted by molar-refractivity contribution is -0.0457. The highest BCUT2D eigenvalue weighted by Gasteiger charge is 2.35. The number of halogens is 2. The molecule has 188 valence electrons. The van der Waals surface area contributed by atoms with Crippen LogP contribution in [0.5, 0.6) is 0 Å². The van der Waals surface area contributed by atoms with E-state index in [1.54, 1.807) is 6.20 Å². The van der Waals surface area contributed by atoms with Crippen LogP contribution in [-0.2, 0) is 6.42 Å². The highest BCUT2D eigenvalue weighted by atomic mass is 19.3. The molecule has 0 unspecified atom stereocenters. The molecule has 4 aliphatic carbocycles. The van der Waals surface area contributed by atoms with Gasteiger partial charge in [-0.25, -0.2) is 8.78 Å². The van der Waals surface area contributed by atoms with Crippen LogP contribution in [0.15, 0.2) is 71.1 Å². The number of nitrogens with one attached hydrogen (secondary N) is 2. The molecule has 0 spiro atoms. The quantitative estimate of drug-likeness (QED) is 0.435. The Hall–Kier alpha value is -3.15. The molecule has 0 aliphatic heterocycles. The third-order valence-electron chi connectivity index (χ3n) is 7.63. The van der Waals surface area contributed by atoms with Gasteiger partial charge in [-0.15, -0.1) is 0 Å². The van der Waals surface area contributed by atoms with Crippen LogP contribution in [0.2, 0.25) is 0 Å². The predicted molar refractivity (Wildman–Crippen MR) is 139 cm³/mol. The van der Waals surface area contributed by atoms with Crippen molar-refractivity contribution in [1.82, 2.24) is 10.3 Å². The molecule has 0 saturated heterocycles. The molecule has 2 fully saturated rings. The maximum atomic E-state index is 13.8. The minimum atomic E-state index is -2.53. The fourth-order valence-corrected chi connectivity index (χ4v) is 5.35. The standard InChI is InChI=1S/C30H33F2N3O/c1-18-4-3-5-26(35-22-6-7-22)28-23(8-9-25(33)24(28)14-18)29(36)21-15-19(2)27(34-17-21)16-20-10-12-30(31,32)13-11-20/h3-4,8,14-15,17,20,22,33,35H,1,5-7,9-13,16H2,2H3. The third-order valence-corrected chi connectivity index (χ3v) is 7.63. The Kier molecular flexibility index (Phi) is 6.62. The van der Waals surface area contributed by atoms with Gasteiger partial charge >= 0.3 is 0 Å². The highest BCUT2D eigenvalue weighted by molar-refractivity contribution is 6.18. The van der Waals surface area contributed by atoms with Crippen LogP contribution in [0.1, 0.15) is 73.0 Å². The number of hydrogen-bond acceptors (Lipinski definition) is 4. The topological polar surface area (TPSA) is 65.8 Å². The second-order valence-corrected chi connectivity index (χ2v) is 10.6. The van der Waals surface area contributed by atoms with Gasteiger partial charge in [-0.3, -0.25) is 9.78 Å². The van der Waals surface area contributed by atoms with Crippen LogP contribution in [0.3, 0.4) is 0 Å².